The Hall–Kier alpha value is -1.09. The van der Waals surface area contributed by atoms with Gasteiger partial charge in [0.05, 0.1) is 6.04 Å². The fraction of sp³-hybridized carbons (Fsp3) is 0.778. The molecule has 1 saturated carbocycles. The van der Waals surface area contributed by atoms with Crippen molar-refractivity contribution >= 4 is 19.7 Å². The number of carbonyl (C=O) groups excluding carboxylic acids is 1. The molecule has 1 aliphatic carbocycles. The van der Waals surface area contributed by atoms with Gasteiger partial charge in [-0.25, -0.2) is 9.79 Å². The zero-order valence-corrected chi connectivity index (χ0v) is 7.98. The first-order valence-corrected chi connectivity index (χ1v) is 4.76. The highest BCUT2D eigenvalue weighted by atomic mass is 16.3. The second kappa shape index (κ2) is 5.60. The third-order valence-corrected chi connectivity index (χ3v) is 2.56. The summed E-state index contributed by atoms with van der Waals surface area (Å²) < 4.78 is 0. The molecule has 0 aromatic rings. The minimum Gasteiger partial charge on any atom is -0.870 e. The summed E-state index contributed by atoms with van der Waals surface area (Å²) in [6.45, 7) is 0.507. The van der Waals surface area contributed by atoms with Crippen molar-refractivity contribution in [3.8, 4) is 0 Å². The van der Waals surface area contributed by atoms with Gasteiger partial charge in [0, 0.05) is 6.54 Å². The predicted molar refractivity (Wildman–Crippen MR) is 51.9 cm³/mol. The van der Waals surface area contributed by atoms with E-state index in [0.29, 0.717) is 12.5 Å². The highest BCUT2D eigenvalue weighted by Gasteiger charge is 2.19. The number of hydrogen-bond acceptors (Lipinski definition) is 4. The van der Waals surface area contributed by atoms with Crippen LogP contribution in [-0.4, -0.2) is 32.3 Å². The molecule has 0 aromatic carbocycles. The fourth-order valence-electron chi connectivity index (χ4n) is 1.75. The van der Waals surface area contributed by atoms with Gasteiger partial charge in [-0.1, -0.05) is 5.80 Å². The molecule has 1 aliphatic rings. The Labute approximate surface area is 84.6 Å². The number of nitrogens with zero attached hydrogens (tertiary/aromatic N) is 2. The van der Waals surface area contributed by atoms with Crippen LogP contribution in [0.5, 0.6) is 0 Å². The van der Waals surface area contributed by atoms with Crippen molar-refractivity contribution in [3.05, 3.63) is 0 Å². The summed E-state index contributed by atoms with van der Waals surface area (Å²) in [6, 6.07) is 0.123. The molecule has 14 heavy (non-hydrogen) atoms. The summed E-state index contributed by atoms with van der Waals surface area (Å²) in [5, 5.41) is 10.4. The monoisotopic (exact) mass is 191 g/mol. The molecule has 0 aromatic heterocycles. The van der Waals surface area contributed by atoms with Crippen molar-refractivity contribution in [2.75, 3.05) is 6.54 Å². The summed E-state index contributed by atoms with van der Waals surface area (Å²) in [5.41, 5.74) is 0. The van der Waals surface area contributed by atoms with E-state index >= 15 is 0 Å². The molecular weight excluding hydrogens is 179 g/mol. The molecule has 0 aliphatic heterocycles. The molecule has 0 spiro atoms. The van der Waals surface area contributed by atoms with Gasteiger partial charge in [0.25, 0.3) is 0 Å². The fourth-order valence-corrected chi connectivity index (χ4v) is 1.75. The minimum absolute atomic E-state index is 0.123. The summed E-state index contributed by atoms with van der Waals surface area (Å²) in [7, 11) is 4.91. The van der Waals surface area contributed by atoms with Gasteiger partial charge in [0.1, 0.15) is 7.85 Å². The van der Waals surface area contributed by atoms with Gasteiger partial charge in [0.15, 0.2) is 0 Å². The van der Waals surface area contributed by atoms with Crippen LogP contribution in [0.15, 0.2) is 9.98 Å². The van der Waals surface area contributed by atoms with Crippen LogP contribution in [0.2, 0.25) is 0 Å². The lowest BCUT2D eigenvalue weighted by molar-refractivity contribution is -0.207. The van der Waals surface area contributed by atoms with Crippen molar-refractivity contribution in [2.45, 2.75) is 31.7 Å². The molecule has 0 saturated heterocycles. The molecule has 0 unspecified atom stereocenters. The Morgan fingerprint density at radius 3 is 2.57 bits per heavy atom. The minimum atomic E-state index is -0.599. The molecule has 0 atom stereocenters. The van der Waals surface area contributed by atoms with Crippen molar-refractivity contribution in [1.82, 2.24) is 0 Å². The maximum absolute atomic E-state index is 10.4. The van der Waals surface area contributed by atoms with Crippen molar-refractivity contribution in [3.63, 3.8) is 0 Å². The van der Waals surface area contributed by atoms with Crippen molar-refractivity contribution in [2.24, 2.45) is 15.9 Å². The van der Waals surface area contributed by atoms with E-state index in [4.69, 9.17) is 7.85 Å². The van der Waals surface area contributed by atoms with Gasteiger partial charge < -0.3 is 10.1 Å². The normalized spacial score (nSPS) is 28.1. The van der Waals surface area contributed by atoms with E-state index in [9.17, 15) is 9.90 Å². The number of isocyanates is 1. The molecule has 2 radical (unpaired) electrons. The molecule has 1 rings (SSSR count). The van der Waals surface area contributed by atoms with Gasteiger partial charge in [-0.2, -0.15) is 0 Å². The third kappa shape index (κ3) is 3.75. The van der Waals surface area contributed by atoms with Crippen LogP contribution in [0.4, 0.5) is 0 Å². The Morgan fingerprint density at radius 2 is 2.07 bits per heavy atom. The van der Waals surface area contributed by atoms with Crippen molar-refractivity contribution in [1.29, 1.82) is 0 Å². The largest absolute Gasteiger partial charge is 0.870 e. The molecule has 0 bridgehead atoms. The van der Waals surface area contributed by atoms with E-state index in [2.05, 4.69) is 9.98 Å². The first-order chi connectivity index (χ1) is 6.72. The first-order valence-electron chi connectivity index (χ1n) is 4.76. The maximum atomic E-state index is 10.4. The summed E-state index contributed by atoms with van der Waals surface area (Å²) in [5.74, 6) is -0.182. The first kappa shape index (κ1) is 11.0. The smallest absolute Gasteiger partial charge is 0.235 e. The standard InChI is InChI=1S/C9H13BN2O2/c10-9(14)11-5-7-1-3-8(4-2-7)12-6-13/h7-8H,1-5H2,(H,11,14)/p-1. The van der Waals surface area contributed by atoms with Crippen LogP contribution in [0.25, 0.3) is 0 Å². The van der Waals surface area contributed by atoms with Crippen LogP contribution >= 0.6 is 0 Å². The van der Waals surface area contributed by atoms with E-state index in [1.54, 1.807) is 6.08 Å². The van der Waals surface area contributed by atoms with Crippen LogP contribution in [0.3, 0.4) is 0 Å². The van der Waals surface area contributed by atoms with E-state index < -0.39 is 5.80 Å². The average Bonchev–Trinajstić information content (AvgIpc) is 2.17. The number of rotatable bonds is 3. The topological polar surface area (TPSA) is 64.8 Å². The lowest BCUT2D eigenvalue weighted by Gasteiger charge is -2.24. The van der Waals surface area contributed by atoms with E-state index in [1.165, 1.54) is 0 Å². The number of hydrogen-bond donors (Lipinski definition) is 0. The lowest BCUT2D eigenvalue weighted by Crippen LogP contribution is -2.22. The highest BCUT2D eigenvalue weighted by Crippen LogP contribution is 2.26. The summed E-state index contributed by atoms with van der Waals surface area (Å²) >= 11 is 0. The second-order valence-electron chi connectivity index (χ2n) is 3.57. The van der Waals surface area contributed by atoms with Gasteiger partial charge >= 0.3 is 0 Å². The lowest BCUT2D eigenvalue weighted by atomic mass is 9.86. The zero-order chi connectivity index (χ0) is 10.4. The molecule has 74 valence electrons. The van der Waals surface area contributed by atoms with E-state index in [0.717, 1.165) is 25.7 Å². The highest BCUT2D eigenvalue weighted by molar-refractivity contribution is 6.55. The second-order valence-corrected chi connectivity index (χ2v) is 3.57. The maximum Gasteiger partial charge on any atom is 0.235 e. The molecule has 0 amide bonds. The SMILES string of the molecule is [B]C([O-])=NCC1CCC(N=C=O)CC1. The summed E-state index contributed by atoms with van der Waals surface area (Å²) in [6.07, 6.45) is 5.25. The molecular formula is C9H12BN2O2-. The van der Waals surface area contributed by atoms with Gasteiger partial charge in [-0.05, 0) is 31.6 Å². The molecule has 5 heteroatoms. The molecule has 0 heterocycles. The molecule has 0 N–H and O–H groups in total. The van der Waals surface area contributed by atoms with E-state index in [1.807, 2.05) is 0 Å². The summed E-state index contributed by atoms with van der Waals surface area (Å²) in [4.78, 5) is 17.3. The van der Waals surface area contributed by atoms with Gasteiger partial charge in [-0.15, -0.1) is 0 Å². The number of aliphatic imine (C=N–C) groups is 2. The van der Waals surface area contributed by atoms with Gasteiger partial charge in [-0.3, -0.25) is 0 Å². The molecule has 1 fully saturated rings. The zero-order valence-electron chi connectivity index (χ0n) is 7.98. The van der Waals surface area contributed by atoms with Crippen LogP contribution in [0.1, 0.15) is 25.7 Å². The third-order valence-electron chi connectivity index (χ3n) is 2.56. The van der Waals surface area contributed by atoms with Crippen LogP contribution in [-0.2, 0) is 4.79 Å². The van der Waals surface area contributed by atoms with Crippen LogP contribution in [0, 0.1) is 5.92 Å². The molecule has 4 nitrogen and oxygen atoms in total. The van der Waals surface area contributed by atoms with Gasteiger partial charge in [0.2, 0.25) is 6.08 Å². The Morgan fingerprint density at radius 1 is 1.43 bits per heavy atom. The average molecular weight is 191 g/mol. The Kier molecular flexibility index (Phi) is 4.40. The van der Waals surface area contributed by atoms with Crippen LogP contribution < -0.4 is 5.11 Å². The quantitative estimate of drug-likeness (QED) is 0.267. The predicted octanol–water partition coefficient (Wildman–Crippen LogP) is -0.234. The van der Waals surface area contributed by atoms with Crippen molar-refractivity contribution < 1.29 is 9.90 Å². The Balaban J connectivity index is 2.28. The van der Waals surface area contributed by atoms with E-state index in [-0.39, 0.29) is 6.04 Å². The Bertz CT molecular complexity index is 250.